The van der Waals surface area contributed by atoms with Gasteiger partial charge in [-0.15, -0.1) is 5.10 Å². The molecule has 0 aromatic carbocycles. The van der Waals surface area contributed by atoms with E-state index in [9.17, 15) is 10.1 Å². The van der Waals surface area contributed by atoms with E-state index in [1.165, 1.54) is 12.5 Å². The molecule has 0 aliphatic heterocycles. The van der Waals surface area contributed by atoms with Crippen LogP contribution in [0.25, 0.3) is 0 Å². The summed E-state index contributed by atoms with van der Waals surface area (Å²) in [6, 6.07) is 3.30. The molecule has 16 heavy (non-hydrogen) atoms. The highest BCUT2D eigenvalue weighted by Gasteiger charge is 2.10. The van der Waals surface area contributed by atoms with Crippen LogP contribution < -0.4 is 0 Å². The number of hydrogen-bond donors (Lipinski definition) is 0. The van der Waals surface area contributed by atoms with E-state index in [4.69, 9.17) is 11.6 Å². The molecule has 0 spiro atoms. The van der Waals surface area contributed by atoms with Crippen molar-refractivity contribution in [1.82, 2.24) is 19.7 Å². The number of aromatic nitrogens is 4. The van der Waals surface area contributed by atoms with Crippen LogP contribution in [0, 0.1) is 10.1 Å². The fourth-order valence-electron chi connectivity index (χ4n) is 1.14. The molecule has 2 aromatic heterocycles. The lowest BCUT2D eigenvalue weighted by atomic mass is 10.4. The summed E-state index contributed by atoms with van der Waals surface area (Å²) in [5, 5.41) is 18.2. The third-order valence-corrected chi connectivity index (χ3v) is 2.04. The Kier molecular flexibility index (Phi) is 2.78. The molecule has 82 valence electrons. The summed E-state index contributed by atoms with van der Waals surface area (Å²) < 4.78 is 1.55. The van der Waals surface area contributed by atoms with E-state index in [0.717, 1.165) is 0 Å². The number of halogens is 1. The predicted molar refractivity (Wildman–Crippen MR) is 55.0 cm³/mol. The minimum atomic E-state index is -0.552. The lowest BCUT2D eigenvalue weighted by Crippen LogP contribution is -2.00. The summed E-state index contributed by atoms with van der Waals surface area (Å²) in [7, 11) is 0. The Balaban J connectivity index is 2.14. The van der Waals surface area contributed by atoms with Crippen LogP contribution in [0.1, 0.15) is 5.69 Å². The molecule has 0 atom stereocenters. The number of rotatable bonds is 3. The average molecular weight is 240 g/mol. The van der Waals surface area contributed by atoms with E-state index in [0.29, 0.717) is 17.4 Å². The van der Waals surface area contributed by atoms with Gasteiger partial charge in [-0.1, -0.05) is 11.6 Å². The summed E-state index contributed by atoms with van der Waals surface area (Å²) >= 11 is 5.58. The van der Waals surface area contributed by atoms with Crippen molar-refractivity contribution in [3.8, 4) is 0 Å². The minimum absolute atomic E-state index is 0.193. The van der Waals surface area contributed by atoms with Gasteiger partial charge in [0.25, 0.3) is 0 Å². The molecular weight excluding hydrogens is 234 g/mol. The van der Waals surface area contributed by atoms with Crippen LogP contribution in [0.2, 0.25) is 5.15 Å². The zero-order chi connectivity index (χ0) is 11.5. The van der Waals surface area contributed by atoms with Crippen molar-refractivity contribution in [1.29, 1.82) is 0 Å². The van der Waals surface area contributed by atoms with E-state index in [1.807, 2.05) is 0 Å². The highest BCUT2D eigenvalue weighted by Crippen LogP contribution is 2.08. The Morgan fingerprint density at radius 2 is 2.25 bits per heavy atom. The topological polar surface area (TPSA) is 86.7 Å². The first-order valence-electron chi connectivity index (χ1n) is 4.29. The Bertz CT molecular complexity index is 509. The number of hydrogen-bond acceptors (Lipinski definition) is 5. The van der Waals surface area contributed by atoms with Crippen molar-refractivity contribution in [3.05, 3.63) is 45.6 Å². The normalized spacial score (nSPS) is 10.3. The van der Waals surface area contributed by atoms with Gasteiger partial charge in [0.05, 0.1) is 12.2 Å². The van der Waals surface area contributed by atoms with Gasteiger partial charge in [0, 0.05) is 0 Å². The second-order valence-corrected chi connectivity index (χ2v) is 3.40. The van der Waals surface area contributed by atoms with Crippen molar-refractivity contribution in [2.75, 3.05) is 0 Å². The largest absolute Gasteiger partial charge is 0.381 e. The molecule has 0 saturated heterocycles. The van der Waals surface area contributed by atoms with Crippen molar-refractivity contribution in [3.63, 3.8) is 0 Å². The standard InChI is InChI=1S/C8H6ClN5O2/c9-7-2-1-6(11-12-7)3-13-4-8(10-5-13)14(15)16/h1-2,4-5H,3H2. The monoisotopic (exact) mass is 239 g/mol. The molecule has 0 unspecified atom stereocenters. The summed E-state index contributed by atoms with van der Waals surface area (Å²) in [4.78, 5) is 13.5. The maximum absolute atomic E-state index is 10.4. The highest BCUT2D eigenvalue weighted by atomic mass is 35.5. The third kappa shape index (κ3) is 2.31. The summed E-state index contributed by atoms with van der Waals surface area (Å²) in [5.74, 6) is -0.193. The van der Waals surface area contributed by atoms with E-state index in [1.54, 1.807) is 16.7 Å². The van der Waals surface area contributed by atoms with E-state index in [-0.39, 0.29) is 5.82 Å². The van der Waals surface area contributed by atoms with Crippen LogP contribution in [0.3, 0.4) is 0 Å². The predicted octanol–water partition coefficient (Wildman–Crippen LogP) is 1.28. The second-order valence-electron chi connectivity index (χ2n) is 3.01. The highest BCUT2D eigenvalue weighted by molar-refractivity contribution is 6.29. The van der Waals surface area contributed by atoms with Crippen molar-refractivity contribution < 1.29 is 4.92 Å². The zero-order valence-corrected chi connectivity index (χ0v) is 8.70. The molecule has 8 heteroatoms. The SMILES string of the molecule is O=[N+]([O-])c1cn(Cc2ccc(Cl)nn2)cn1. The molecule has 0 N–H and O–H groups in total. The molecule has 0 amide bonds. The van der Waals surface area contributed by atoms with Gasteiger partial charge in [0.2, 0.25) is 6.33 Å². The van der Waals surface area contributed by atoms with Gasteiger partial charge in [0.1, 0.15) is 6.20 Å². The van der Waals surface area contributed by atoms with Gasteiger partial charge in [-0.2, -0.15) is 5.10 Å². The van der Waals surface area contributed by atoms with Crippen molar-refractivity contribution >= 4 is 17.4 Å². The molecule has 7 nitrogen and oxygen atoms in total. The van der Waals surface area contributed by atoms with Crippen LogP contribution >= 0.6 is 11.6 Å². The Morgan fingerprint density at radius 1 is 1.44 bits per heavy atom. The van der Waals surface area contributed by atoms with Crippen LogP contribution in [0.5, 0.6) is 0 Å². The van der Waals surface area contributed by atoms with Gasteiger partial charge >= 0.3 is 5.82 Å². The Hall–Kier alpha value is -2.02. The lowest BCUT2D eigenvalue weighted by Gasteiger charge is -1.98. The molecule has 0 bridgehead atoms. The number of nitrogens with zero attached hydrogens (tertiary/aromatic N) is 5. The molecule has 0 aliphatic rings. The van der Waals surface area contributed by atoms with Gasteiger partial charge in [0.15, 0.2) is 5.15 Å². The minimum Gasteiger partial charge on any atom is -0.358 e. The Morgan fingerprint density at radius 3 is 2.81 bits per heavy atom. The van der Waals surface area contributed by atoms with E-state index in [2.05, 4.69) is 15.2 Å². The van der Waals surface area contributed by atoms with Crippen molar-refractivity contribution in [2.45, 2.75) is 6.54 Å². The zero-order valence-electron chi connectivity index (χ0n) is 7.95. The van der Waals surface area contributed by atoms with Gasteiger partial charge in [-0.25, -0.2) is 0 Å². The van der Waals surface area contributed by atoms with Crippen LogP contribution in [-0.2, 0) is 6.54 Å². The quantitative estimate of drug-likeness (QED) is 0.595. The van der Waals surface area contributed by atoms with Crippen LogP contribution in [-0.4, -0.2) is 24.7 Å². The summed E-state index contributed by atoms with van der Waals surface area (Å²) in [6.45, 7) is 0.366. The first-order chi connectivity index (χ1) is 7.65. The molecule has 0 aliphatic carbocycles. The van der Waals surface area contributed by atoms with Gasteiger partial charge in [-0.05, 0) is 22.0 Å². The number of imidazole rings is 1. The molecule has 2 heterocycles. The third-order valence-electron chi connectivity index (χ3n) is 1.84. The molecule has 0 fully saturated rings. The molecule has 2 rings (SSSR count). The summed E-state index contributed by atoms with van der Waals surface area (Å²) in [6.07, 6.45) is 2.70. The maximum atomic E-state index is 10.4. The van der Waals surface area contributed by atoms with E-state index >= 15 is 0 Å². The Labute approximate surface area is 94.9 Å². The molecule has 2 aromatic rings. The van der Waals surface area contributed by atoms with Crippen LogP contribution in [0.15, 0.2) is 24.7 Å². The fourth-order valence-corrected chi connectivity index (χ4v) is 1.24. The molecule has 0 radical (unpaired) electrons. The first kappa shape index (κ1) is 10.5. The average Bonchev–Trinajstić information content (AvgIpc) is 2.70. The van der Waals surface area contributed by atoms with E-state index < -0.39 is 4.92 Å². The lowest BCUT2D eigenvalue weighted by molar-refractivity contribution is -0.389. The van der Waals surface area contributed by atoms with Crippen LogP contribution in [0.4, 0.5) is 5.82 Å². The smallest absolute Gasteiger partial charge is 0.358 e. The number of nitro groups is 1. The van der Waals surface area contributed by atoms with Crippen molar-refractivity contribution in [2.24, 2.45) is 0 Å². The molecular formula is C8H6ClN5O2. The van der Waals surface area contributed by atoms with Gasteiger partial charge < -0.3 is 14.7 Å². The fraction of sp³-hybridized carbons (Fsp3) is 0.125. The maximum Gasteiger partial charge on any atom is 0.381 e. The first-order valence-corrected chi connectivity index (χ1v) is 4.67. The second kappa shape index (κ2) is 4.23. The molecule has 0 saturated carbocycles. The summed E-state index contributed by atoms with van der Waals surface area (Å²) in [5.41, 5.74) is 0.650. The van der Waals surface area contributed by atoms with Gasteiger partial charge in [-0.3, -0.25) is 0 Å².